The van der Waals surface area contributed by atoms with Crippen molar-refractivity contribution in [3.8, 4) is 0 Å². The number of hydrogen-bond donors (Lipinski definition) is 1. The third-order valence-electron chi connectivity index (χ3n) is 1.60. The predicted molar refractivity (Wildman–Crippen MR) is 49.0 cm³/mol. The number of carbonyl (C=O) groups is 1. The van der Waals surface area contributed by atoms with E-state index in [4.69, 9.17) is 5.11 Å². The number of rotatable bonds is 3. The third kappa shape index (κ3) is 1.94. The van der Waals surface area contributed by atoms with Gasteiger partial charge in [0.1, 0.15) is 0 Å². The molecule has 0 aromatic heterocycles. The molecular weight excluding hydrogens is 219 g/mol. The van der Waals surface area contributed by atoms with E-state index >= 15 is 0 Å². The summed E-state index contributed by atoms with van der Waals surface area (Å²) in [5.74, 6) is 2.06. The van der Waals surface area contributed by atoms with E-state index < -0.39 is 0 Å². The first-order chi connectivity index (χ1) is 5.81. The van der Waals surface area contributed by atoms with Gasteiger partial charge in [-0.15, -0.1) is 0 Å². The van der Waals surface area contributed by atoms with Crippen LogP contribution in [-0.2, 0) is 6.61 Å². The first kappa shape index (κ1) is 9.46. The van der Waals surface area contributed by atoms with Gasteiger partial charge < -0.3 is 0 Å². The molecule has 3 heteroatoms. The van der Waals surface area contributed by atoms with Crippen LogP contribution in [0.15, 0.2) is 18.2 Å². The Labute approximate surface area is 77.8 Å². The Hall–Kier alpha value is -0.631. The number of aliphatic hydroxyl groups excluding tert-OH is 1. The first-order valence-electron chi connectivity index (χ1n) is 3.54. The van der Waals surface area contributed by atoms with Crippen LogP contribution in [0.4, 0.5) is 0 Å². The third-order valence-corrected chi connectivity index (χ3v) is 3.31. The van der Waals surface area contributed by atoms with Gasteiger partial charge in [-0.1, -0.05) is 0 Å². The van der Waals surface area contributed by atoms with Gasteiger partial charge in [0.05, 0.1) is 0 Å². The van der Waals surface area contributed by atoms with Crippen molar-refractivity contribution in [2.75, 3.05) is 0 Å². The van der Waals surface area contributed by atoms with Gasteiger partial charge in [-0.2, -0.15) is 0 Å². The van der Waals surface area contributed by atoms with Crippen molar-refractivity contribution in [1.82, 2.24) is 0 Å². The van der Waals surface area contributed by atoms with Gasteiger partial charge in [-0.05, 0) is 0 Å². The summed E-state index contributed by atoms with van der Waals surface area (Å²) in [4.78, 5) is 10.6. The Bertz CT molecular complexity index is 284. The SMILES string of the molecule is C[Se]c1ccc(CO)cc1C=O. The maximum atomic E-state index is 10.6. The molecule has 0 unspecified atom stereocenters. The molecule has 0 aliphatic carbocycles. The number of aldehydes is 1. The predicted octanol–water partition coefficient (Wildman–Crippen LogP) is 0.369. The molecule has 0 radical (unpaired) electrons. The summed E-state index contributed by atoms with van der Waals surface area (Å²) >= 11 is 0.338. The Morgan fingerprint density at radius 1 is 1.58 bits per heavy atom. The van der Waals surface area contributed by atoms with Crippen molar-refractivity contribution < 1.29 is 9.90 Å². The van der Waals surface area contributed by atoms with Gasteiger partial charge >= 0.3 is 77.4 Å². The van der Waals surface area contributed by atoms with Crippen molar-refractivity contribution in [3.05, 3.63) is 29.3 Å². The molecular formula is C9H10O2Se. The second kappa shape index (κ2) is 4.41. The van der Waals surface area contributed by atoms with E-state index in [1.165, 1.54) is 0 Å². The molecule has 0 saturated carbocycles. The maximum absolute atomic E-state index is 10.6. The standard InChI is InChI=1S/C9H10O2Se/c1-12-9-3-2-7(5-10)4-8(9)6-11/h2-4,6,10H,5H2,1H3. The Morgan fingerprint density at radius 2 is 2.33 bits per heavy atom. The van der Waals surface area contributed by atoms with Gasteiger partial charge in [-0.3, -0.25) is 0 Å². The second-order valence-electron chi connectivity index (χ2n) is 2.35. The fraction of sp³-hybridized carbons (Fsp3) is 0.222. The summed E-state index contributed by atoms with van der Waals surface area (Å²) in [6, 6.07) is 5.51. The van der Waals surface area contributed by atoms with Crippen LogP contribution in [0.3, 0.4) is 0 Å². The van der Waals surface area contributed by atoms with Crippen LogP contribution in [-0.4, -0.2) is 26.3 Å². The molecule has 0 atom stereocenters. The van der Waals surface area contributed by atoms with Crippen molar-refractivity contribution in [2.24, 2.45) is 0 Å². The van der Waals surface area contributed by atoms with E-state index in [1.807, 2.05) is 12.1 Å². The zero-order valence-corrected chi connectivity index (χ0v) is 8.49. The minimum absolute atomic E-state index is 0.00215. The summed E-state index contributed by atoms with van der Waals surface area (Å²) in [5.41, 5.74) is 1.51. The molecule has 0 aliphatic rings. The van der Waals surface area contributed by atoms with Crippen LogP contribution in [0.5, 0.6) is 0 Å². The van der Waals surface area contributed by atoms with E-state index in [1.54, 1.807) is 6.07 Å². The summed E-state index contributed by atoms with van der Waals surface area (Å²) < 4.78 is 1.09. The molecule has 1 N–H and O–H groups in total. The topological polar surface area (TPSA) is 37.3 Å². The van der Waals surface area contributed by atoms with Gasteiger partial charge in [0, 0.05) is 0 Å². The van der Waals surface area contributed by atoms with Crippen LogP contribution in [0.25, 0.3) is 0 Å². The van der Waals surface area contributed by atoms with Crippen molar-refractivity contribution in [3.63, 3.8) is 0 Å². The van der Waals surface area contributed by atoms with Gasteiger partial charge in [0.2, 0.25) is 0 Å². The molecule has 0 aliphatic heterocycles. The van der Waals surface area contributed by atoms with E-state index in [9.17, 15) is 4.79 Å². The molecule has 0 heterocycles. The number of benzene rings is 1. The van der Waals surface area contributed by atoms with E-state index in [2.05, 4.69) is 5.82 Å². The van der Waals surface area contributed by atoms with E-state index in [0.29, 0.717) is 20.5 Å². The Kier molecular flexibility index (Phi) is 3.47. The second-order valence-corrected chi connectivity index (χ2v) is 4.13. The summed E-state index contributed by atoms with van der Waals surface area (Å²) in [5, 5.41) is 8.81. The van der Waals surface area contributed by atoms with Crippen molar-refractivity contribution in [2.45, 2.75) is 12.4 Å². The molecule has 0 spiro atoms. The summed E-state index contributed by atoms with van der Waals surface area (Å²) in [6.07, 6.45) is 0.847. The first-order valence-corrected chi connectivity index (χ1v) is 6.11. The molecule has 1 rings (SSSR count). The van der Waals surface area contributed by atoms with Crippen LogP contribution >= 0.6 is 0 Å². The number of aliphatic hydroxyl groups is 1. The minimum atomic E-state index is -0.00215. The molecule has 2 nitrogen and oxygen atoms in total. The molecule has 1 aromatic carbocycles. The zero-order valence-electron chi connectivity index (χ0n) is 6.78. The fourth-order valence-electron chi connectivity index (χ4n) is 0.974. The van der Waals surface area contributed by atoms with E-state index in [0.717, 1.165) is 16.3 Å². The molecule has 0 saturated heterocycles. The average Bonchev–Trinajstić information content (AvgIpc) is 2.16. The van der Waals surface area contributed by atoms with Crippen molar-refractivity contribution >= 4 is 25.7 Å². The van der Waals surface area contributed by atoms with Gasteiger partial charge in [-0.25, -0.2) is 0 Å². The molecule has 64 valence electrons. The van der Waals surface area contributed by atoms with E-state index in [-0.39, 0.29) is 6.61 Å². The Balaban J connectivity index is 3.10. The number of carbonyl (C=O) groups excluding carboxylic acids is 1. The quantitative estimate of drug-likeness (QED) is 0.600. The summed E-state index contributed by atoms with van der Waals surface area (Å²) in [6.45, 7) is -0.00215. The summed E-state index contributed by atoms with van der Waals surface area (Å²) in [7, 11) is 0. The van der Waals surface area contributed by atoms with Crippen LogP contribution < -0.4 is 4.46 Å². The molecule has 1 aromatic rings. The van der Waals surface area contributed by atoms with Gasteiger partial charge in [0.25, 0.3) is 0 Å². The van der Waals surface area contributed by atoms with Crippen LogP contribution in [0, 0.1) is 0 Å². The molecule has 12 heavy (non-hydrogen) atoms. The Morgan fingerprint density at radius 3 is 2.83 bits per heavy atom. The monoisotopic (exact) mass is 230 g/mol. The number of hydrogen-bond acceptors (Lipinski definition) is 2. The van der Waals surface area contributed by atoms with Gasteiger partial charge in [0.15, 0.2) is 0 Å². The van der Waals surface area contributed by atoms with Crippen LogP contribution in [0.2, 0.25) is 5.82 Å². The molecule has 0 bridgehead atoms. The average molecular weight is 229 g/mol. The fourth-order valence-corrected chi connectivity index (χ4v) is 2.12. The molecule has 0 fully saturated rings. The molecule has 0 amide bonds. The zero-order chi connectivity index (χ0) is 8.97. The van der Waals surface area contributed by atoms with Crippen LogP contribution in [0.1, 0.15) is 15.9 Å². The normalized spacial score (nSPS) is 9.83. The van der Waals surface area contributed by atoms with Crippen molar-refractivity contribution in [1.29, 1.82) is 0 Å².